The van der Waals surface area contributed by atoms with Gasteiger partial charge in [0, 0.05) is 18.2 Å². The van der Waals surface area contributed by atoms with Gasteiger partial charge in [-0.1, -0.05) is 6.07 Å². The van der Waals surface area contributed by atoms with Gasteiger partial charge in [-0.05, 0) is 47.7 Å². The first-order chi connectivity index (χ1) is 13.5. The van der Waals surface area contributed by atoms with Crippen LogP contribution in [0.3, 0.4) is 0 Å². The Morgan fingerprint density at radius 3 is 2.54 bits per heavy atom. The van der Waals surface area contributed by atoms with Crippen LogP contribution in [0, 0.1) is 0 Å². The SMILES string of the molecule is COc1cc2c(c(OC)c1OC)-c1ccc(NCCO)c(=O)cc1[C@@H](N)CC2. The first-order valence-corrected chi connectivity index (χ1v) is 9.16. The number of benzene rings is 1. The third-order valence-electron chi connectivity index (χ3n) is 5.01. The summed E-state index contributed by atoms with van der Waals surface area (Å²) in [5.41, 5.74) is 10.1. The fraction of sp³-hybridized carbons (Fsp3) is 0.381. The van der Waals surface area contributed by atoms with Crippen molar-refractivity contribution in [3.8, 4) is 28.4 Å². The molecule has 0 radical (unpaired) electrons. The van der Waals surface area contributed by atoms with E-state index in [4.69, 9.17) is 25.1 Å². The Morgan fingerprint density at radius 2 is 1.89 bits per heavy atom. The van der Waals surface area contributed by atoms with Crippen molar-refractivity contribution in [2.45, 2.75) is 18.9 Å². The number of fused-ring (bicyclic) bond motifs is 3. The molecule has 150 valence electrons. The molecule has 2 aromatic rings. The molecular weight excluding hydrogens is 360 g/mol. The van der Waals surface area contributed by atoms with Crippen molar-refractivity contribution in [1.29, 1.82) is 0 Å². The third-order valence-corrected chi connectivity index (χ3v) is 5.01. The molecule has 4 N–H and O–H groups in total. The number of anilines is 1. The van der Waals surface area contributed by atoms with Gasteiger partial charge in [-0.2, -0.15) is 0 Å². The number of aliphatic hydroxyl groups excluding tert-OH is 1. The Morgan fingerprint density at radius 1 is 1.14 bits per heavy atom. The highest BCUT2D eigenvalue weighted by molar-refractivity contribution is 5.82. The fourth-order valence-electron chi connectivity index (χ4n) is 3.68. The van der Waals surface area contributed by atoms with Gasteiger partial charge in [0.2, 0.25) is 11.2 Å². The largest absolute Gasteiger partial charge is 0.493 e. The quantitative estimate of drug-likeness (QED) is 0.698. The topological polar surface area (TPSA) is 103 Å². The van der Waals surface area contributed by atoms with Crippen LogP contribution in [0.5, 0.6) is 17.2 Å². The van der Waals surface area contributed by atoms with E-state index in [0.717, 1.165) is 28.7 Å². The number of aliphatic hydroxyl groups is 1. The first kappa shape index (κ1) is 20.0. The normalized spacial score (nSPS) is 15.1. The fourth-order valence-corrected chi connectivity index (χ4v) is 3.68. The maximum Gasteiger partial charge on any atom is 0.203 e. The second-order valence-electron chi connectivity index (χ2n) is 6.60. The summed E-state index contributed by atoms with van der Waals surface area (Å²) >= 11 is 0. The van der Waals surface area contributed by atoms with Crippen molar-refractivity contribution in [2.24, 2.45) is 5.73 Å². The molecule has 7 nitrogen and oxygen atoms in total. The van der Waals surface area contributed by atoms with Gasteiger partial charge in [0.15, 0.2) is 11.5 Å². The predicted molar refractivity (Wildman–Crippen MR) is 109 cm³/mol. The van der Waals surface area contributed by atoms with Crippen molar-refractivity contribution in [1.82, 2.24) is 0 Å². The van der Waals surface area contributed by atoms with Gasteiger partial charge < -0.3 is 30.4 Å². The molecule has 7 heteroatoms. The highest BCUT2D eigenvalue weighted by Crippen LogP contribution is 2.49. The Kier molecular flexibility index (Phi) is 6.06. The van der Waals surface area contributed by atoms with Crippen molar-refractivity contribution < 1.29 is 19.3 Å². The van der Waals surface area contributed by atoms with Gasteiger partial charge in [0.25, 0.3) is 0 Å². The maximum absolute atomic E-state index is 12.7. The molecule has 1 atom stereocenters. The molecule has 2 aromatic carbocycles. The molecule has 28 heavy (non-hydrogen) atoms. The number of methoxy groups -OCH3 is 3. The Labute approximate surface area is 164 Å². The van der Waals surface area contributed by atoms with Gasteiger partial charge in [-0.15, -0.1) is 0 Å². The molecule has 0 spiro atoms. The van der Waals surface area contributed by atoms with Gasteiger partial charge >= 0.3 is 0 Å². The van der Waals surface area contributed by atoms with E-state index in [1.807, 2.05) is 12.1 Å². The molecule has 0 heterocycles. The molecule has 0 saturated carbocycles. The van der Waals surface area contributed by atoms with Crippen LogP contribution >= 0.6 is 0 Å². The highest BCUT2D eigenvalue weighted by atomic mass is 16.5. The minimum absolute atomic E-state index is 0.0646. The minimum Gasteiger partial charge on any atom is -0.493 e. The number of hydrogen-bond acceptors (Lipinski definition) is 7. The smallest absolute Gasteiger partial charge is 0.203 e. The van der Waals surface area contributed by atoms with Crippen LogP contribution in [0.2, 0.25) is 0 Å². The van der Waals surface area contributed by atoms with E-state index in [0.29, 0.717) is 35.9 Å². The van der Waals surface area contributed by atoms with E-state index < -0.39 is 0 Å². The summed E-state index contributed by atoms with van der Waals surface area (Å²) < 4.78 is 16.7. The van der Waals surface area contributed by atoms with Crippen molar-refractivity contribution in [3.63, 3.8) is 0 Å². The number of aryl methyl sites for hydroxylation is 1. The molecular formula is C21H26N2O5. The summed E-state index contributed by atoms with van der Waals surface area (Å²) in [5.74, 6) is 1.64. The Bertz CT molecular complexity index is 929. The van der Waals surface area contributed by atoms with Crippen LogP contribution in [-0.4, -0.2) is 39.6 Å². The van der Waals surface area contributed by atoms with Crippen molar-refractivity contribution in [3.05, 3.63) is 45.6 Å². The number of ether oxygens (including phenoxy) is 3. The lowest BCUT2D eigenvalue weighted by atomic mass is 9.95. The Balaban J connectivity index is 2.34. The average Bonchev–Trinajstić information content (AvgIpc) is 2.94. The molecule has 0 aliphatic heterocycles. The van der Waals surface area contributed by atoms with Gasteiger partial charge in [-0.25, -0.2) is 0 Å². The van der Waals surface area contributed by atoms with Crippen LogP contribution in [-0.2, 0) is 6.42 Å². The minimum atomic E-state index is -0.296. The van der Waals surface area contributed by atoms with E-state index in [1.165, 1.54) is 0 Å². The summed E-state index contributed by atoms with van der Waals surface area (Å²) in [6.45, 7) is 0.228. The van der Waals surface area contributed by atoms with E-state index >= 15 is 0 Å². The molecule has 0 bridgehead atoms. The zero-order chi connectivity index (χ0) is 20.3. The van der Waals surface area contributed by atoms with Gasteiger partial charge in [0.1, 0.15) is 0 Å². The lowest BCUT2D eigenvalue weighted by molar-refractivity contribution is 0.311. The number of nitrogens with one attached hydrogen (secondary N) is 1. The molecule has 0 fully saturated rings. The zero-order valence-electron chi connectivity index (χ0n) is 16.4. The van der Waals surface area contributed by atoms with E-state index in [1.54, 1.807) is 33.5 Å². The first-order valence-electron chi connectivity index (χ1n) is 9.16. The summed E-state index contributed by atoms with van der Waals surface area (Å²) in [6, 6.07) is 6.80. The maximum atomic E-state index is 12.7. The summed E-state index contributed by atoms with van der Waals surface area (Å²) in [7, 11) is 4.73. The van der Waals surface area contributed by atoms with Crippen LogP contribution in [0.25, 0.3) is 11.1 Å². The van der Waals surface area contributed by atoms with Crippen LogP contribution < -0.4 is 30.7 Å². The summed E-state index contributed by atoms with van der Waals surface area (Å²) in [5, 5.41) is 12.0. The highest BCUT2D eigenvalue weighted by Gasteiger charge is 2.27. The number of hydrogen-bond donors (Lipinski definition) is 3. The second kappa shape index (κ2) is 8.50. The van der Waals surface area contributed by atoms with Crippen molar-refractivity contribution >= 4 is 5.69 Å². The summed E-state index contributed by atoms with van der Waals surface area (Å²) in [6.07, 6.45) is 1.40. The van der Waals surface area contributed by atoms with Crippen LogP contribution in [0.1, 0.15) is 23.6 Å². The lowest BCUT2D eigenvalue weighted by Crippen LogP contribution is -2.14. The van der Waals surface area contributed by atoms with Crippen molar-refractivity contribution in [2.75, 3.05) is 39.8 Å². The molecule has 1 aliphatic rings. The summed E-state index contributed by atoms with van der Waals surface area (Å²) in [4.78, 5) is 12.7. The van der Waals surface area contributed by atoms with E-state index in [9.17, 15) is 4.79 Å². The molecule has 0 aromatic heterocycles. The predicted octanol–water partition coefficient (Wildman–Crippen LogP) is 2.09. The molecule has 3 rings (SSSR count). The molecule has 0 unspecified atom stereocenters. The number of nitrogens with two attached hydrogens (primary N) is 1. The molecule has 1 aliphatic carbocycles. The van der Waals surface area contributed by atoms with Gasteiger partial charge in [0.05, 0.1) is 33.6 Å². The van der Waals surface area contributed by atoms with Gasteiger partial charge in [-0.3, -0.25) is 4.79 Å². The molecule has 0 amide bonds. The third kappa shape index (κ3) is 3.50. The zero-order valence-corrected chi connectivity index (χ0v) is 16.4. The average molecular weight is 386 g/mol. The molecule has 0 saturated heterocycles. The number of rotatable bonds is 6. The van der Waals surface area contributed by atoms with E-state index in [-0.39, 0.29) is 18.1 Å². The van der Waals surface area contributed by atoms with E-state index in [2.05, 4.69) is 5.32 Å². The lowest BCUT2D eigenvalue weighted by Gasteiger charge is -2.19. The standard InChI is InChI=1S/C21H26N2O5/c1-26-18-10-12-4-6-15(22)14-11-17(25)16(23-8-9-24)7-5-13(14)19(12)21(28-3)20(18)27-2/h5,7,10-11,15,24H,4,6,8-9,22H2,1-3H3,(H,23,25)/t15-/m0/s1. The Hall–Kier alpha value is -2.77. The van der Waals surface area contributed by atoms with Crippen LogP contribution in [0.4, 0.5) is 5.69 Å². The van der Waals surface area contributed by atoms with Crippen LogP contribution in [0.15, 0.2) is 29.1 Å². The second-order valence-corrected chi connectivity index (χ2v) is 6.60. The monoisotopic (exact) mass is 386 g/mol.